The Morgan fingerprint density at radius 2 is 2.07 bits per heavy atom. The third kappa shape index (κ3) is 3.34. The van der Waals surface area contributed by atoms with Gasteiger partial charge in [-0.25, -0.2) is 13.8 Å². The van der Waals surface area contributed by atoms with Crippen LogP contribution in [0.3, 0.4) is 0 Å². The number of alkyl halides is 2. The summed E-state index contributed by atoms with van der Waals surface area (Å²) in [7, 11) is 0. The number of hydrogen-bond acceptors (Lipinski definition) is 4. The molecule has 1 aliphatic heterocycles. The molecule has 2 aliphatic rings. The lowest BCUT2D eigenvalue weighted by molar-refractivity contribution is -0.0118. The van der Waals surface area contributed by atoms with Gasteiger partial charge in [0.05, 0.1) is 18.2 Å². The minimum atomic E-state index is -2.66. The molecule has 2 fully saturated rings. The Bertz CT molecular complexity index is 983. The third-order valence-corrected chi connectivity index (χ3v) is 5.10. The highest BCUT2D eigenvalue weighted by Gasteiger charge is 2.35. The van der Waals surface area contributed by atoms with Gasteiger partial charge in [-0.05, 0) is 49.6 Å². The summed E-state index contributed by atoms with van der Waals surface area (Å²) in [5.74, 6) is -1.27. The summed E-state index contributed by atoms with van der Waals surface area (Å²) >= 11 is 0. The molecular weight excluding hydrogens is 350 g/mol. The second kappa shape index (κ2) is 6.18. The van der Waals surface area contributed by atoms with Gasteiger partial charge in [0.15, 0.2) is 0 Å². The Morgan fingerprint density at radius 3 is 2.89 bits per heavy atom. The van der Waals surface area contributed by atoms with Crippen molar-refractivity contribution in [3.05, 3.63) is 36.5 Å². The Labute approximate surface area is 155 Å². The molecule has 2 aromatic heterocycles. The number of H-pyrrole nitrogens is 1. The summed E-state index contributed by atoms with van der Waals surface area (Å²) in [5.41, 5.74) is 2.54. The maximum absolute atomic E-state index is 13.8. The SMILES string of the molecule is FC1(F)CCCN(c2cc(-c3n[nH]c4ccc(OC5CC5)cc34)ccn2)C1. The van der Waals surface area contributed by atoms with Crippen molar-refractivity contribution in [2.45, 2.75) is 37.7 Å². The van der Waals surface area contributed by atoms with E-state index in [1.54, 1.807) is 11.1 Å². The highest BCUT2D eigenvalue weighted by atomic mass is 19.3. The molecule has 0 unspecified atom stereocenters. The quantitative estimate of drug-likeness (QED) is 0.740. The number of anilines is 1. The first-order valence-corrected chi connectivity index (χ1v) is 9.31. The molecule has 5 nitrogen and oxygen atoms in total. The molecule has 3 aromatic rings. The highest BCUT2D eigenvalue weighted by molar-refractivity contribution is 5.94. The fraction of sp³-hybridized carbons (Fsp3) is 0.400. The van der Waals surface area contributed by atoms with Crippen LogP contribution >= 0.6 is 0 Å². The van der Waals surface area contributed by atoms with Crippen LogP contribution in [0.1, 0.15) is 25.7 Å². The van der Waals surface area contributed by atoms with Crippen LogP contribution < -0.4 is 9.64 Å². The molecule has 1 N–H and O–H groups in total. The Balaban J connectivity index is 1.49. The Morgan fingerprint density at radius 1 is 1.19 bits per heavy atom. The summed E-state index contributed by atoms with van der Waals surface area (Å²) in [6.45, 7) is 0.302. The lowest BCUT2D eigenvalue weighted by Gasteiger charge is -2.33. The number of aromatic nitrogens is 3. The summed E-state index contributed by atoms with van der Waals surface area (Å²) in [6, 6.07) is 9.58. The lowest BCUT2D eigenvalue weighted by atomic mass is 10.1. The van der Waals surface area contributed by atoms with E-state index in [2.05, 4.69) is 15.2 Å². The van der Waals surface area contributed by atoms with Gasteiger partial charge in [-0.15, -0.1) is 0 Å². The highest BCUT2D eigenvalue weighted by Crippen LogP contribution is 2.34. The van der Waals surface area contributed by atoms with Crippen molar-refractivity contribution in [3.8, 4) is 17.0 Å². The molecule has 0 radical (unpaired) electrons. The van der Waals surface area contributed by atoms with Crippen molar-refractivity contribution in [1.82, 2.24) is 15.2 Å². The van der Waals surface area contributed by atoms with Crippen LogP contribution in [0.25, 0.3) is 22.2 Å². The van der Waals surface area contributed by atoms with Crippen LogP contribution in [0.4, 0.5) is 14.6 Å². The Kier molecular flexibility index (Phi) is 3.77. The smallest absolute Gasteiger partial charge is 0.265 e. The van der Waals surface area contributed by atoms with Crippen LogP contribution in [0.2, 0.25) is 0 Å². The normalized spacial score (nSPS) is 19.4. The van der Waals surface area contributed by atoms with Crippen LogP contribution in [0.15, 0.2) is 36.5 Å². The fourth-order valence-electron chi connectivity index (χ4n) is 3.56. The van der Waals surface area contributed by atoms with Crippen molar-refractivity contribution in [1.29, 1.82) is 0 Å². The number of piperidine rings is 1. The summed E-state index contributed by atoms with van der Waals surface area (Å²) in [4.78, 5) is 5.97. The van der Waals surface area contributed by atoms with E-state index in [9.17, 15) is 8.78 Å². The zero-order chi connectivity index (χ0) is 18.4. The van der Waals surface area contributed by atoms with Crippen molar-refractivity contribution in [3.63, 3.8) is 0 Å². The van der Waals surface area contributed by atoms with Crippen LogP contribution in [-0.2, 0) is 0 Å². The molecule has 0 atom stereocenters. The predicted octanol–water partition coefficient (Wildman–Crippen LogP) is 4.40. The number of pyridine rings is 1. The third-order valence-electron chi connectivity index (χ3n) is 5.10. The van der Waals surface area contributed by atoms with Gasteiger partial charge in [0.2, 0.25) is 0 Å². The van der Waals surface area contributed by atoms with Gasteiger partial charge < -0.3 is 9.64 Å². The summed E-state index contributed by atoms with van der Waals surface area (Å²) in [6.07, 6.45) is 4.59. The van der Waals surface area contributed by atoms with Crippen LogP contribution in [-0.4, -0.2) is 40.3 Å². The van der Waals surface area contributed by atoms with E-state index in [1.807, 2.05) is 30.3 Å². The summed E-state index contributed by atoms with van der Waals surface area (Å²) < 4.78 is 33.4. The van der Waals surface area contributed by atoms with Gasteiger partial charge in [0, 0.05) is 30.1 Å². The van der Waals surface area contributed by atoms with Gasteiger partial charge in [-0.1, -0.05) is 0 Å². The van der Waals surface area contributed by atoms with Gasteiger partial charge in [-0.2, -0.15) is 5.10 Å². The van der Waals surface area contributed by atoms with Gasteiger partial charge in [0.1, 0.15) is 17.3 Å². The minimum Gasteiger partial charge on any atom is -0.490 e. The standard InChI is InChI=1S/C20H20F2N4O/c21-20(22)7-1-9-26(12-20)18-10-13(6-8-23-18)19-16-11-15(27-14-2-3-14)4-5-17(16)24-25-19/h4-6,8,10-11,14H,1-3,7,9,12H2,(H,24,25). The second-order valence-corrected chi connectivity index (χ2v) is 7.38. The first kappa shape index (κ1) is 16.5. The predicted molar refractivity (Wildman–Crippen MR) is 99.4 cm³/mol. The van der Waals surface area contributed by atoms with E-state index in [1.165, 1.54) is 0 Å². The maximum Gasteiger partial charge on any atom is 0.265 e. The van der Waals surface area contributed by atoms with Crippen molar-refractivity contribution >= 4 is 16.7 Å². The molecule has 3 heterocycles. The number of ether oxygens (including phenoxy) is 1. The molecule has 1 aliphatic carbocycles. The minimum absolute atomic E-state index is 0.0586. The number of nitrogens with zero attached hydrogens (tertiary/aromatic N) is 3. The average molecular weight is 370 g/mol. The monoisotopic (exact) mass is 370 g/mol. The largest absolute Gasteiger partial charge is 0.490 e. The van der Waals surface area contributed by atoms with E-state index < -0.39 is 5.92 Å². The van der Waals surface area contributed by atoms with Crippen LogP contribution in [0, 0.1) is 0 Å². The molecule has 140 valence electrons. The number of halogens is 2. The zero-order valence-corrected chi connectivity index (χ0v) is 14.8. The molecule has 0 spiro atoms. The van der Waals surface area contributed by atoms with E-state index in [0.29, 0.717) is 24.9 Å². The maximum atomic E-state index is 13.8. The lowest BCUT2D eigenvalue weighted by Crippen LogP contribution is -2.43. The average Bonchev–Trinajstić information content (AvgIpc) is 3.37. The molecule has 5 rings (SSSR count). The van der Waals surface area contributed by atoms with Crippen molar-refractivity contribution < 1.29 is 13.5 Å². The van der Waals surface area contributed by atoms with E-state index in [0.717, 1.165) is 40.8 Å². The first-order valence-electron chi connectivity index (χ1n) is 9.31. The fourth-order valence-corrected chi connectivity index (χ4v) is 3.56. The van der Waals surface area contributed by atoms with E-state index in [4.69, 9.17) is 4.74 Å². The van der Waals surface area contributed by atoms with E-state index in [-0.39, 0.29) is 13.0 Å². The number of hydrogen-bond donors (Lipinski definition) is 1. The molecule has 1 saturated heterocycles. The molecule has 1 saturated carbocycles. The molecule has 0 bridgehead atoms. The molecule has 27 heavy (non-hydrogen) atoms. The zero-order valence-electron chi connectivity index (χ0n) is 14.8. The number of nitrogens with one attached hydrogen (secondary N) is 1. The van der Waals surface area contributed by atoms with E-state index >= 15 is 0 Å². The number of benzene rings is 1. The molecular formula is C20H20F2N4O. The number of fused-ring (bicyclic) bond motifs is 1. The molecule has 1 aromatic carbocycles. The van der Waals surface area contributed by atoms with Gasteiger partial charge >= 0.3 is 0 Å². The second-order valence-electron chi connectivity index (χ2n) is 7.38. The van der Waals surface area contributed by atoms with Gasteiger partial charge in [-0.3, -0.25) is 5.10 Å². The molecule has 0 amide bonds. The van der Waals surface area contributed by atoms with Crippen molar-refractivity contribution in [2.24, 2.45) is 0 Å². The van der Waals surface area contributed by atoms with Gasteiger partial charge in [0.25, 0.3) is 5.92 Å². The Hall–Kier alpha value is -2.70. The number of rotatable bonds is 4. The molecule has 7 heteroatoms. The van der Waals surface area contributed by atoms with Crippen LogP contribution in [0.5, 0.6) is 5.75 Å². The van der Waals surface area contributed by atoms with Crippen molar-refractivity contribution in [2.75, 3.05) is 18.0 Å². The summed E-state index contributed by atoms with van der Waals surface area (Å²) in [5, 5.41) is 8.43. The topological polar surface area (TPSA) is 54.0 Å². The first-order chi connectivity index (χ1) is 13.1. The number of aromatic amines is 1.